The van der Waals surface area contributed by atoms with Gasteiger partial charge in [-0.3, -0.25) is 9.59 Å². The minimum Gasteiger partial charge on any atom is -0.349 e. The van der Waals surface area contributed by atoms with Crippen LogP contribution in [0.3, 0.4) is 0 Å². The number of hydrogen-bond acceptors (Lipinski definition) is 3. The molecule has 3 rings (SSSR count). The molecule has 1 heterocycles. The fourth-order valence-electron chi connectivity index (χ4n) is 3.85. The molecule has 1 saturated heterocycles. The Morgan fingerprint density at radius 2 is 1.53 bits per heavy atom. The van der Waals surface area contributed by atoms with Crippen molar-refractivity contribution in [3.63, 3.8) is 0 Å². The van der Waals surface area contributed by atoms with Gasteiger partial charge in [0.05, 0.1) is 6.04 Å². The number of piperidine rings is 1. The molecular weight excluding hydrogens is 404 g/mol. The van der Waals surface area contributed by atoms with Crippen LogP contribution >= 0.6 is 0 Å². The van der Waals surface area contributed by atoms with Gasteiger partial charge in [0.25, 0.3) is 0 Å². The molecule has 0 spiro atoms. The van der Waals surface area contributed by atoms with Crippen molar-refractivity contribution in [2.75, 3.05) is 23.7 Å². The van der Waals surface area contributed by atoms with Crippen LogP contribution in [0.1, 0.15) is 51.1 Å². The maximum atomic E-state index is 12.7. The zero-order valence-corrected chi connectivity index (χ0v) is 18.8. The van der Waals surface area contributed by atoms with Crippen LogP contribution in [0, 0.1) is 5.92 Å². The third kappa shape index (κ3) is 6.57. The van der Waals surface area contributed by atoms with E-state index in [2.05, 4.69) is 16.0 Å². The van der Waals surface area contributed by atoms with Crippen LogP contribution in [0.5, 0.6) is 0 Å². The maximum absolute atomic E-state index is 12.7. The molecule has 1 fully saturated rings. The number of para-hydroxylation sites is 1. The Bertz CT molecular complexity index is 907. The van der Waals surface area contributed by atoms with Crippen LogP contribution in [0.15, 0.2) is 54.6 Å². The van der Waals surface area contributed by atoms with Crippen LogP contribution < -0.4 is 16.0 Å². The summed E-state index contributed by atoms with van der Waals surface area (Å²) in [5.74, 6) is 0.154. The molecule has 1 aliphatic heterocycles. The van der Waals surface area contributed by atoms with Gasteiger partial charge in [-0.25, -0.2) is 4.79 Å². The van der Waals surface area contributed by atoms with Gasteiger partial charge in [0, 0.05) is 36.8 Å². The first kappa shape index (κ1) is 23.3. The van der Waals surface area contributed by atoms with Gasteiger partial charge in [0.2, 0.25) is 11.8 Å². The van der Waals surface area contributed by atoms with Crippen LogP contribution in [-0.4, -0.2) is 35.8 Å². The second kappa shape index (κ2) is 11.3. The molecule has 0 bridgehead atoms. The number of urea groups is 1. The summed E-state index contributed by atoms with van der Waals surface area (Å²) in [4.78, 5) is 38.7. The molecule has 32 heavy (non-hydrogen) atoms. The van der Waals surface area contributed by atoms with Crippen LogP contribution in [0.4, 0.5) is 16.2 Å². The number of hydrogen-bond donors (Lipinski definition) is 3. The Balaban J connectivity index is 1.46. The zero-order valence-electron chi connectivity index (χ0n) is 18.8. The van der Waals surface area contributed by atoms with Crippen molar-refractivity contribution < 1.29 is 14.4 Å². The summed E-state index contributed by atoms with van der Waals surface area (Å²) in [6, 6.07) is 16.2. The summed E-state index contributed by atoms with van der Waals surface area (Å²) < 4.78 is 0. The van der Waals surface area contributed by atoms with Crippen LogP contribution in [0.2, 0.25) is 0 Å². The summed E-state index contributed by atoms with van der Waals surface area (Å²) >= 11 is 0. The Kier molecular flexibility index (Phi) is 8.25. The van der Waals surface area contributed by atoms with Crippen LogP contribution in [-0.2, 0) is 9.59 Å². The second-order valence-electron chi connectivity index (χ2n) is 8.20. The fourth-order valence-corrected chi connectivity index (χ4v) is 3.85. The van der Waals surface area contributed by atoms with E-state index in [9.17, 15) is 14.4 Å². The highest BCUT2D eigenvalue weighted by atomic mass is 16.2. The molecule has 0 radical (unpaired) electrons. The lowest BCUT2D eigenvalue weighted by Gasteiger charge is -2.32. The molecule has 2 aromatic carbocycles. The van der Waals surface area contributed by atoms with Crippen molar-refractivity contribution in [3.8, 4) is 0 Å². The number of nitrogens with one attached hydrogen (secondary N) is 3. The number of rotatable bonds is 7. The maximum Gasteiger partial charge on any atom is 0.323 e. The number of anilines is 2. The van der Waals surface area contributed by atoms with Gasteiger partial charge in [-0.1, -0.05) is 37.3 Å². The van der Waals surface area contributed by atoms with Crippen molar-refractivity contribution in [1.29, 1.82) is 0 Å². The second-order valence-corrected chi connectivity index (χ2v) is 8.20. The summed E-state index contributed by atoms with van der Waals surface area (Å²) in [5, 5.41) is 8.66. The van der Waals surface area contributed by atoms with Gasteiger partial charge in [-0.2, -0.15) is 0 Å². The molecule has 7 heteroatoms. The topological polar surface area (TPSA) is 90.5 Å². The molecule has 4 amide bonds. The highest BCUT2D eigenvalue weighted by molar-refractivity contribution is 5.99. The summed E-state index contributed by atoms with van der Waals surface area (Å²) in [6.45, 7) is 5.25. The van der Waals surface area contributed by atoms with Crippen molar-refractivity contribution >= 4 is 29.2 Å². The molecule has 170 valence electrons. The molecule has 0 saturated carbocycles. The number of carbonyl (C=O) groups is 3. The summed E-state index contributed by atoms with van der Waals surface area (Å²) in [5.41, 5.74) is 2.35. The Hall–Kier alpha value is -3.35. The van der Waals surface area contributed by atoms with E-state index in [0.717, 1.165) is 17.7 Å². The normalized spacial score (nSPS) is 15.0. The number of nitrogens with zero attached hydrogens (tertiary/aromatic N) is 1. The van der Waals surface area contributed by atoms with Crippen molar-refractivity contribution in [2.45, 2.75) is 45.6 Å². The van der Waals surface area contributed by atoms with E-state index in [4.69, 9.17) is 0 Å². The molecule has 1 atom stereocenters. The Morgan fingerprint density at radius 1 is 0.938 bits per heavy atom. The van der Waals surface area contributed by atoms with Crippen LogP contribution in [0.25, 0.3) is 0 Å². The predicted octanol–water partition coefficient (Wildman–Crippen LogP) is 4.55. The molecule has 0 aromatic heterocycles. The number of benzene rings is 2. The zero-order chi connectivity index (χ0) is 22.9. The molecule has 2 aromatic rings. The largest absolute Gasteiger partial charge is 0.349 e. The fraction of sp³-hybridized carbons (Fsp3) is 0.400. The van der Waals surface area contributed by atoms with Gasteiger partial charge < -0.3 is 20.9 Å². The smallest absolute Gasteiger partial charge is 0.323 e. The first-order valence-electron chi connectivity index (χ1n) is 11.3. The van der Waals surface area contributed by atoms with E-state index < -0.39 is 0 Å². The minimum absolute atomic E-state index is 0.0320. The van der Waals surface area contributed by atoms with E-state index in [1.54, 1.807) is 0 Å². The van der Waals surface area contributed by atoms with E-state index in [0.29, 0.717) is 38.0 Å². The van der Waals surface area contributed by atoms with Gasteiger partial charge in [0.1, 0.15) is 0 Å². The standard InChI is InChI=1S/C25H32N4O3/c1-3-7-23(30)29-16-14-20(15-17-29)24(31)26-18(2)19-10-12-22(13-11-19)28-25(32)27-21-8-5-4-6-9-21/h4-6,8-13,18,20H,3,7,14-17H2,1-2H3,(H,26,31)(H2,27,28,32). The monoisotopic (exact) mass is 436 g/mol. The van der Waals surface area contributed by atoms with Crippen molar-refractivity contribution in [1.82, 2.24) is 10.2 Å². The first-order chi connectivity index (χ1) is 15.5. The van der Waals surface area contributed by atoms with E-state index >= 15 is 0 Å². The number of likely N-dealkylation sites (tertiary alicyclic amines) is 1. The third-order valence-electron chi connectivity index (χ3n) is 5.74. The number of amides is 4. The molecule has 7 nitrogen and oxygen atoms in total. The average Bonchev–Trinajstić information content (AvgIpc) is 2.80. The molecule has 1 aliphatic rings. The lowest BCUT2D eigenvalue weighted by atomic mass is 9.95. The molecular formula is C25H32N4O3. The lowest BCUT2D eigenvalue weighted by molar-refractivity contribution is -0.135. The Labute approximate surface area is 189 Å². The highest BCUT2D eigenvalue weighted by Crippen LogP contribution is 2.21. The first-order valence-corrected chi connectivity index (χ1v) is 11.3. The van der Waals surface area contributed by atoms with Crippen molar-refractivity contribution in [2.24, 2.45) is 5.92 Å². The summed E-state index contributed by atoms with van der Waals surface area (Å²) in [6.07, 6.45) is 2.83. The van der Waals surface area contributed by atoms with Crippen molar-refractivity contribution in [3.05, 3.63) is 60.2 Å². The third-order valence-corrected chi connectivity index (χ3v) is 5.74. The SMILES string of the molecule is CCCC(=O)N1CCC(C(=O)NC(C)c2ccc(NC(=O)Nc3ccccc3)cc2)CC1. The van der Waals surface area contributed by atoms with Gasteiger partial charge in [0.15, 0.2) is 0 Å². The molecule has 3 N–H and O–H groups in total. The Morgan fingerprint density at radius 3 is 2.12 bits per heavy atom. The average molecular weight is 437 g/mol. The lowest BCUT2D eigenvalue weighted by Crippen LogP contribution is -2.43. The van der Waals surface area contributed by atoms with E-state index in [-0.39, 0.29) is 29.8 Å². The molecule has 1 unspecified atom stereocenters. The van der Waals surface area contributed by atoms with Gasteiger partial charge >= 0.3 is 6.03 Å². The highest BCUT2D eigenvalue weighted by Gasteiger charge is 2.27. The minimum atomic E-state index is -0.311. The molecule has 0 aliphatic carbocycles. The number of carbonyl (C=O) groups excluding carboxylic acids is 3. The quantitative estimate of drug-likeness (QED) is 0.595. The van der Waals surface area contributed by atoms with Gasteiger partial charge in [-0.15, -0.1) is 0 Å². The summed E-state index contributed by atoms with van der Waals surface area (Å²) in [7, 11) is 0. The van der Waals surface area contributed by atoms with E-state index in [1.165, 1.54) is 0 Å². The van der Waals surface area contributed by atoms with Gasteiger partial charge in [-0.05, 0) is 56.0 Å². The van der Waals surface area contributed by atoms with E-state index in [1.807, 2.05) is 73.3 Å². The predicted molar refractivity (Wildman–Crippen MR) is 126 cm³/mol.